The Morgan fingerprint density at radius 2 is 2.10 bits per heavy atom. The summed E-state index contributed by atoms with van der Waals surface area (Å²) >= 11 is 0. The molecule has 0 bridgehead atoms. The van der Waals surface area contributed by atoms with Crippen LogP contribution in [-0.4, -0.2) is 53.0 Å². The van der Waals surface area contributed by atoms with Gasteiger partial charge in [-0.15, -0.1) is 0 Å². The van der Waals surface area contributed by atoms with Crippen LogP contribution in [-0.2, 0) is 14.4 Å². The molecule has 0 aromatic carbocycles. The van der Waals surface area contributed by atoms with Gasteiger partial charge >= 0.3 is 12.0 Å². The van der Waals surface area contributed by atoms with Crippen LogP contribution in [0, 0.1) is 5.92 Å². The smallest absolute Gasteiger partial charge is 0.318 e. The predicted molar refractivity (Wildman–Crippen MR) is 73.4 cm³/mol. The number of nitrogens with one attached hydrogen (secondary N) is 2. The summed E-state index contributed by atoms with van der Waals surface area (Å²) in [5.74, 6) is -1.65. The van der Waals surface area contributed by atoms with Crippen molar-refractivity contribution in [1.82, 2.24) is 15.5 Å². The SMILES string of the molecule is CC(CCNC(=O)N1CC(=O)NC(=O)C1C)CCC(=O)O. The molecular weight excluding hydrogens is 278 g/mol. The van der Waals surface area contributed by atoms with E-state index in [2.05, 4.69) is 10.6 Å². The highest BCUT2D eigenvalue weighted by molar-refractivity contribution is 6.03. The summed E-state index contributed by atoms with van der Waals surface area (Å²) in [7, 11) is 0. The number of urea groups is 1. The first-order chi connectivity index (χ1) is 9.81. The van der Waals surface area contributed by atoms with Gasteiger partial charge in [0.2, 0.25) is 11.8 Å². The summed E-state index contributed by atoms with van der Waals surface area (Å²) in [5, 5.41) is 13.4. The van der Waals surface area contributed by atoms with Crippen LogP contribution in [0.25, 0.3) is 0 Å². The van der Waals surface area contributed by atoms with E-state index in [9.17, 15) is 19.2 Å². The monoisotopic (exact) mass is 299 g/mol. The van der Waals surface area contributed by atoms with Gasteiger partial charge < -0.3 is 15.3 Å². The number of hydrogen-bond donors (Lipinski definition) is 3. The first kappa shape index (κ1) is 16.9. The summed E-state index contributed by atoms with van der Waals surface area (Å²) in [6.45, 7) is 3.69. The Morgan fingerprint density at radius 3 is 2.71 bits per heavy atom. The number of imide groups is 1. The minimum atomic E-state index is -0.836. The maximum atomic E-state index is 11.9. The maximum absolute atomic E-state index is 11.9. The molecule has 4 amide bonds. The van der Waals surface area contributed by atoms with Crippen LogP contribution in [0.1, 0.15) is 33.1 Å². The van der Waals surface area contributed by atoms with E-state index in [4.69, 9.17) is 5.11 Å². The van der Waals surface area contributed by atoms with Gasteiger partial charge in [-0.05, 0) is 25.7 Å². The number of nitrogens with zero attached hydrogens (tertiary/aromatic N) is 1. The van der Waals surface area contributed by atoms with Gasteiger partial charge in [0.05, 0.1) is 0 Å². The van der Waals surface area contributed by atoms with Crippen molar-refractivity contribution in [2.45, 2.75) is 39.2 Å². The van der Waals surface area contributed by atoms with E-state index in [0.717, 1.165) is 0 Å². The standard InChI is InChI=1S/C13H21N3O5/c1-8(3-4-11(18)19)5-6-14-13(21)16-7-10(17)15-12(20)9(16)2/h8-9H,3-7H2,1-2H3,(H,14,21)(H,18,19)(H,15,17,20). The summed E-state index contributed by atoms with van der Waals surface area (Å²) in [5.41, 5.74) is 0. The minimum absolute atomic E-state index is 0.104. The molecule has 0 aromatic heterocycles. The molecule has 8 nitrogen and oxygen atoms in total. The van der Waals surface area contributed by atoms with Crippen molar-refractivity contribution in [2.75, 3.05) is 13.1 Å². The third-order valence-corrected chi connectivity index (χ3v) is 3.45. The van der Waals surface area contributed by atoms with Crippen LogP contribution >= 0.6 is 0 Å². The average molecular weight is 299 g/mol. The number of carbonyl (C=O) groups is 4. The normalized spacial score (nSPS) is 19.9. The molecule has 2 unspecified atom stereocenters. The van der Waals surface area contributed by atoms with Crippen molar-refractivity contribution in [3.8, 4) is 0 Å². The third-order valence-electron chi connectivity index (χ3n) is 3.45. The number of carboxylic acids is 1. The van der Waals surface area contributed by atoms with Gasteiger partial charge in [-0.1, -0.05) is 6.92 Å². The molecule has 3 N–H and O–H groups in total. The first-order valence-corrected chi connectivity index (χ1v) is 6.91. The molecule has 2 atom stereocenters. The zero-order valence-electron chi connectivity index (χ0n) is 12.2. The van der Waals surface area contributed by atoms with Gasteiger partial charge in [-0.3, -0.25) is 19.7 Å². The lowest BCUT2D eigenvalue weighted by atomic mass is 10.0. The van der Waals surface area contributed by atoms with Crippen LogP contribution in [0.5, 0.6) is 0 Å². The number of aliphatic carboxylic acids is 1. The van der Waals surface area contributed by atoms with E-state index in [0.29, 0.717) is 19.4 Å². The number of hydrogen-bond acceptors (Lipinski definition) is 4. The summed E-state index contributed by atoms with van der Waals surface area (Å²) in [4.78, 5) is 46.3. The Morgan fingerprint density at radius 1 is 1.43 bits per heavy atom. The molecular formula is C13H21N3O5. The Balaban J connectivity index is 2.34. The summed E-state index contributed by atoms with van der Waals surface area (Å²) < 4.78 is 0. The fourth-order valence-corrected chi connectivity index (χ4v) is 2.00. The number of carboxylic acid groups (broad SMARTS) is 1. The van der Waals surface area contributed by atoms with Crippen molar-refractivity contribution in [3.05, 3.63) is 0 Å². The number of carbonyl (C=O) groups excluding carboxylic acids is 3. The summed E-state index contributed by atoms with van der Waals surface area (Å²) in [6, 6.07) is -1.15. The Kier molecular flexibility index (Phi) is 6.13. The van der Waals surface area contributed by atoms with Crippen molar-refractivity contribution < 1.29 is 24.3 Å². The highest BCUT2D eigenvalue weighted by Gasteiger charge is 2.33. The molecule has 1 fully saturated rings. The molecule has 1 aliphatic rings. The molecule has 1 heterocycles. The van der Waals surface area contributed by atoms with Crippen molar-refractivity contribution in [2.24, 2.45) is 5.92 Å². The molecule has 0 spiro atoms. The largest absolute Gasteiger partial charge is 0.481 e. The molecule has 118 valence electrons. The van der Waals surface area contributed by atoms with Crippen molar-refractivity contribution >= 4 is 23.8 Å². The van der Waals surface area contributed by atoms with E-state index in [-0.39, 0.29) is 18.9 Å². The van der Waals surface area contributed by atoms with Crippen LogP contribution in [0.15, 0.2) is 0 Å². The van der Waals surface area contributed by atoms with Gasteiger partial charge in [-0.2, -0.15) is 0 Å². The lowest BCUT2D eigenvalue weighted by Crippen LogP contribution is -2.60. The molecule has 21 heavy (non-hydrogen) atoms. The zero-order valence-corrected chi connectivity index (χ0v) is 12.2. The Bertz CT molecular complexity index is 438. The maximum Gasteiger partial charge on any atom is 0.318 e. The highest BCUT2D eigenvalue weighted by Crippen LogP contribution is 2.10. The number of rotatable bonds is 6. The summed E-state index contributed by atoms with van der Waals surface area (Å²) in [6.07, 6.45) is 1.29. The molecule has 1 saturated heterocycles. The van der Waals surface area contributed by atoms with Crippen LogP contribution in [0.2, 0.25) is 0 Å². The molecule has 0 aromatic rings. The third kappa shape index (κ3) is 5.41. The molecule has 0 saturated carbocycles. The van der Waals surface area contributed by atoms with Gasteiger partial charge in [0.15, 0.2) is 0 Å². The Labute approximate surface area is 122 Å². The second-order valence-electron chi connectivity index (χ2n) is 5.27. The lowest BCUT2D eigenvalue weighted by molar-refractivity contribution is -0.138. The average Bonchev–Trinajstić information content (AvgIpc) is 2.40. The Hall–Kier alpha value is -2.12. The quantitative estimate of drug-likeness (QED) is 0.594. The van der Waals surface area contributed by atoms with E-state index in [1.54, 1.807) is 6.92 Å². The van der Waals surface area contributed by atoms with Crippen molar-refractivity contribution in [1.29, 1.82) is 0 Å². The fraction of sp³-hybridized carbons (Fsp3) is 0.692. The first-order valence-electron chi connectivity index (χ1n) is 6.91. The van der Waals surface area contributed by atoms with Crippen LogP contribution in [0.3, 0.4) is 0 Å². The second kappa shape index (κ2) is 7.61. The van der Waals surface area contributed by atoms with Crippen LogP contribution < -0.4 is 10.6 Å². The van der Waals surface area contributed by atoms with Gasteiger partial charge in [0.1, 0.15) is 12.6 Å². The molecule has 0 aliphatic carbocycles. The zero-order chi connectivity index (χ0) is 16.0. The van der Waals surface area contributed by atoms with E-state index in [1.807, 2.05) is 6.92 Å². The molecule has 1 rings (SSSR count). The lowest BCUT2D eigenvalue weighted by Gasteiger charge is -2.31. The number of piperazine rings is 1. The van der Waals surface area contributed by atoms with Gasteiger partial charge in [0.25, 0.3) is 0 Å². The predicted octanol–water partition coefficient (Wildman–Crippen LogP) is -0.0661. The number of amides is 4. The fourth-order valence-electron chi connectivity index (χ4n) is 2.00. The molecule has 8 heteroatoms. The topological polar surface area (TPSA) is 116 Å². The molecule has 1 aliphatic heterocycles. The van der Waals surface area contributed by atoms with E-state index >= 15 is 0 Å². The van der Waals surface area contributed by atoms with Crippen molar-refractivity contribution in [3.63, 3.8) is 0 Å². The van der Waals surface area contributed by atoms with E-state index in [1.165, 1.54) is 4.90 Å². The molecule has 0 radical (unpaired) electrons. The van der Waals surface area contributed by atoms with Crippen LogP contribution in [0.4, 0.5) is 4.79 Å². The van der Waals surface area contributed by atoms with Gasteiger partial charge in [0, 0.05) is 13.0 Å². The highest BCUT2D eigenvalue weighted by atomic mass is 16.4. The second-order valence-corrected chi connectivity index (χ2v) is 5.27. The van der Waals surface area contributed by atoms with Gasteiger partial charge in [-0.25, -0.2) is 4.79 Å². The minimum Gasteiger partial charge on any atom is -0.481 e. The van der Waals surface area contributed by atoms with E-state index < -0.39 is 29.9 Å².